The van der Waals surface area contributed by atoms with Crippen LogP contribution in [-0.4, -0.2) is 62.7 Å². The van der Waals surface area contributed by atoms with Crippen molar-refractivity contribution in [1.82, 2.24) is 5.32 Å². The van der Waals surface area contributed by atoms with E-state index in [9.17, 15) is 24.3 Å². The van der Waals surface area contributed by atoms with Gasteiger partial charge in [0.15, 0.2) is 23.9 Å². The number of amides is 2. The lowest BCUT2D eigenvalue weighted by atomic mass is 10.1. The number of carboxylic acids is 1. The first-order chi connectivity index (χ1) is 17.7. The molecule has 0 aromatic heterocycles. The number of ether oxygens (including phenoxy) is 5. The van der Waals surface area contributed by atoms with E-state index >= 15 is 0 Å². The van der Waals surface area contributed by atoms with Gasteiger partial charge in [0.05, 0.1) is 26.9 Å². The molecule has 0 aliphatic carbocycles. The summed E-state index contributed by atoms with van der Waals surface area (Å²) in [4.78, 5) is 47.2. The lowest BCUT2D eigenvalue weighted by Gasteiger charge is -2.14. The number of primary amides is 1. The van der Waals surface area contributed by atoms with Crippen LogP contribution in [0.15, 0.2) is 36.1 Å². The molecule has 1 unspecified atom stereocenters. The fourth-order valence-corrected chi connectivity index (χ4v) is 3.57. The fourth-order valence-electron chi connectivity index (χ4n) is 3.57. The summed E-state index contributed by atoms with van der Waals surface area (Å²) in [6.45, 7) is -0.501. The van der Waals surface area contributed by atoms with Crippen LogP contribution in [0.3, 0.4) is 0 Å². The molecule has 37 heavy (non-hydrogen) atoms. The van der Waals surface area contributed by atoms with Gasteiger partial charge in [-0.3, -0.25) is 14.4 Å². The molecular formula is C25H26N2O10. The molecule has 2 aromatic rings. The summed E-state index contributed by atoms with van der Waals surface area (Å²) in [5.74, 6) is -1.42. The van der Waals surface area contributed by atoms with Gasteiger partial charge in [0.1, 0.15) is 17.5 Å². The number of nitrogens with two attached hydrogens (primary N) is 1. The van der Waals surface area contributed by atoms with Crippen LogP contribution >= 0.6 is 0 Å². The summed E-state index contributed by atoms with van der Waals surface area (Å²) >= 11 is 0. The van der Waals surface area contributed by atoms with Crippen LogP contribution in [0, 0.1) is 0 Å². The first kappa shape index (κ1) is 26.9. The number of hydrogen-bond acceptors (Lipinski definition) is 9. The van der Waals surface area contributed by atoms with Crippen LogP contribution in [0.25, 0.3) is 6.08 Å². The number of carbonyl (C=O) groups excluding carboxylic acids is 3. The zero-order valence-corrected chi connectivity index (χ0v) is 20.4. The van der Waals surface area contributed by atoms with Gasteiger partial charge in [-0.1, -0.05) is 0 Å². The molecule has 0 bridgehead atoms. The predicted octanol–water partition coefficient (Wildman–Crippen LogP) is 1.54. The Kier molecular flexibility index (Phi) is 8.56. The molecule has 2 amide bonds. The van der Waals surface area contributed by atoms with Crippen molar-refractivity contribution in [2.24, 2.45) is 5.73 Å². The van der Waals surface area contributed by atoms with Crippen molar-refractivity contribution in [2.75, 3.05) is 27.9 Å². The monoisotopic (exact) mass is 514 g/mol. The second kappa shape index (κ2) is 11.8. The standard InChI is InChI=1S/C25H26N2O10/c1-33-17-8-4-13(23(34-2)24(17)35-3)10-19-22(30)15-6-5-14(11-18(15)37-19)36-12-21(29)27-16(25(31)32)7-9-20(26)28/h4-6,8,10-11,16H,7,9,12H2,1-3H3,(H2,26,28)(H,27,29)(H,31,32). The molecule has 1 heterocycles. The predicted molar refractivity (Wildman–Crippen MR) is 129 cm³/mol. The molecule has 0 fully saturated rings. The van der Waals surface area contributed by atoms with E-state index in [2.05, 4.69) is 5.32 Å². The molecule has 1 atom stereocenters. The molecule has 4 N–H and O–H groups in total. The van der Waals surface area contributed by atoms with Gasteiger partial charge >= 0.3 is 5.97 Å². The van der Waals surface area contributed by atoms with Gasteiger partial charge in [-0.15, -0.1) is 0 Å². The number of fused-ring (bicyclic) bond motifs is 1. The summed E-state index contributed by atoms with van der Waals surface area (Å²) in [6, 6.07) is 6.48. The number of allylic oxidation sites excluding steroid dienone is 1. The van der Waals surface area contributed by atoms with Crippen LogP contribution in [-0.2, 0) is 14.4 Å². The van der Waals surface area contributed by atoms with Crippen molar-refractivity contribution >= 4 is 29.6 Å². The van der Waals surface area contributed by atoms with Gasteiger partial charge in [0.2, 0.25) is 17.4 Å². The molecule has 1 aliphatic rings. The third kappa shape index (κ3) is 6.28. The van der Waals surface area contributed by atoms with E-state index in [0.717, 1.165) is 0 Å². The molecule has 1 aliphatic heterocycles. The van der Waals surface area contributed by atoms with Crippen LogP contribution in [0.1, 0.15) is 28.8 Å². The number of hydrogen-bond donors (Lipinski definition) is 3. The Hall–Kier alpha value is -4.74. The molecule has 0 spiro atoms. The molecule has 12 nitrogen and oxygen atoms in total. The van der Waals surface area contributed by atoms with Crippen molar-refractivity contribution in [2.45, 2.75) is 18.9 Å². The summed E-state index contributed by atoms with van der Waals surface area (Å²) in [5, 5.41) is 11.5. The molecule has 0 saturated carbocycles. The Labute approximate surface area is 211 Å². The van der Waals surface area contributed by atoms with Crippen LogP contribution in [0.5, 0.6) is 28.7 Å². The molecule has 196 valence electrons. The normalized spacial score (nSPS) is 13.8. The van der Waals surface area contributed by atoms with Crippen LogP contribution < -0.4 is 34.7 Å². The minimum absolute atomic E-state index is 0.0363. The van der Waals surface area contributed by atoms with E-state index < -0.39 is 30.4 Å². The Morgan fingerprint density at radius 2 is 1.81 bits per heavy atom. The van der Waals surface area contributed by atoms with Gasteiger partial charge in [0.25, 0.3) is 5.91 Å². The third-order valence-corrected chi connectivity index (χ3v) is 5.35. The molecule has 0 radical (unpaired) electrons. The Bertz CT molecular complexity index is 1250. The lowest BCUT2D eigenvalue weighted by molar-refractivity contribution is -0.142. The highest BCUT2D eigenvalue weighted by Crippen LogP contribution is 2.42. The molecule has 2 aromatic carbocycles. The first-order valence-corrected chi connectivity index (χ1v) is 11.0. The molecule has 0 saturated heterocycles. The summed E-state index contributed by atoms with van der Waals surface area (Å²) in [6.07, 6.45) is 1.17. The number of benzene rings is 2. The van der Waals surface area contributed by atoms with E-state index in [0.29, 0.717) is 28.4 Å². The van der Waals surface area contributed by atoms with Gasteiger partial charge in [-0.2, -0.15) is 0 Å². The van der Waals surface area contributed by atoms with Crippen molar-refractivity contribution in [3.8, 4) is 28.7 Å². The Balaban J connectivity index is 1.71. The van der Waals surface area contributed by atoms with E-state index in [4.69, 9.17) is 29.4 Å². The number of Topliss-reactive ketones (excluding diaryl/α,β-unsaturated/α-hetero) is 1. The Morgan fingerprint density at radius 1 is 1.08 bits per heavy atom. The van der Waals surface area contributed by atoms with Crippen LogP contribution in [0.2, 0.25) is 0 Å². The quantitative estimate of drug-likeness (QED) is 0.353. The smallest absolute Gasteiger partial charge is 0.326 e. The zero-order chi connectivity index (χ0) is 27.1. The van der Waals surface area contributed by atoms with Gasteiger partial charge in [-0.05, 0) is 36.8 Å². The lowest BCUT2D eigenvalue weighted by Crippen LogP contribution is -2.43. The number of aliphatic carboxylic acids is 1. The average molecular weight is 514 g/mol. The second-order valence-electron chi connectivity index (χ2n) is 7.77. The van der Waals surface area contributed by atoms with Gasteiger partial charge in [0, 0.05) is 18.1 Å². The fraction of sp³-hybridized carbons (Fsp3) is 0.280. The van der Waals surface area contributed by atoms with E-state index in [1.165, 1.54) is 45.6 Å². The summed E-state index contributed by atoms with van der Waals surface area (Å²) < 4.78 is 27.2. The van der Waals surface area contributed by atoms with Crippen molar-refractivity contribution in [3.63, 3.8) is 0 Å². The largest absolute Gasteiger partial charge is 0.493 e. The van der Waals surface area contributed by atoms with E-state index in [-0.39, 0.29) is 35.9 Å². The molecular weight excluding hydrogens is 488 g/mol. The third-order valence-electron chi connectivity index (χ3n) is 5.35. The minimum Gasteiger partial charge on any atom is -0.493 e. The van der Waals surface area contributed by atoms with Gasteiger partial charge < -0.3 is 39.8 Å². The topological polar surface area (TPSA) is 173 Å². The number of ketones is 1. The highest BCUT2D eigenvalue weighted by atomic mass is 16.5. The second-order valence-corrected chi connectivity index (χ2v) is 7.77. The molecule has 3 rings (SSSR count). The summed E-state index contributed by atoms with van der Waals surface area (Å²) in [7, 11) is 4.42. The Morgan fingerprint density at radius 3 is 2.43 bits per heavy atom. The zero-order valence-electron chi connectivity index (χ0n) is 20.4. The first-order valence-electron chi connectivity index (χ1n) is 11.0. The summed E-state index contributed by atoms with van der Waals surface area (Å²) in [5.41, 5.74) is 5.84. The maximum absolute atomic E-state index is 12.9. The number of methoxy groups -OCH3 is 3. The highest BCUT2D eigenvalue weighted by Gasteiger charge is 2.29. The van der Waals surface area contributed by atoms with E-state index in [1.54, 1.807) is 12.1 Å². The maximum atomic E-state index is 12.9. The number of carbonyl (C=O) groups is 4. The van der Waals surface area contributed by atoms with Crippen LogP contribution in [0.4, 0.5) is 0 Å². The van der Waals surface area contributed by atoms with Gasteiger partial charge in [-0.25, -0.2) is 4.79 Å². The maximum Gasteiger partial charge on any atom is 0.326 e. The number of carboxylic acid groups (broad SMARTS) is 1. The van der Waals surface area contributed by atoms with Crippen molar-refractivity contribution in [1.29, 1.82) is 0 Å². The SMILES string of the molecule is COc1ccc(C=C2Oc3cc(OCC(=O)NC(CCC(N)=O)C(=O)O)ccc3C2=O)c(OC)c1OC. The minimum atomic E-state index is -1.30. The van der Waals surface area contributed by atoms with E-state index in [1.807, 2.05) is 0 Å². The van der Waals surface area contributed by atoms with Crippen molar-refractivity contribution < 1.29 is 48.0 Å². The average Bonchev–Trinajstić information content (AvgIpc) is 3.18. The number of nitrogens with one attached hydrogen (secondary N) is 1. The number of rotatable bonds is 12. The van der Waals surface area contributed by atoms with Crippen molar-refractivity contribution in [3.05, 3.63) is 47.2 Å². The molecule has 12 heteroatoms. The highest BCUT2D eigenvalue weighted by molar-refractivity contribution is 6.14.